The number of rotatable bonds is 12. The van der Waals surface area contributed by atoms with Crippen molar-refractivity contribution in [3.05, 3.63) is 120 Å². The molecule has 1 unspecified atom stereocenters. The third-order valence-corrected chi connectivity index (χ3v) is 7.08. The first kappa shape index (κ1) is 26.5. The highest BCUT2D eigenvalue weighted by atomic mass is 16.5. The first-order chi connectivity index (χ1) is 19.2. The highest BCUT2D eigenvalue weighted by Crippen LogP contribution is 2.27. The van der Waals surface area contributed by atoms with Crippen LogP contribution in [0, 0.1) is 0 Å². The fourth-order valence-electron chi connectivity index (χ4n) is 4.98. The number of ether oxygens (including phenoxy) is 1. The van der Waals surface area contributed by atoms with E-state index in [0.717, 1.165) is 59.6 Å². The molecule has 4 aromatic rings. The van der Waals surface area contributed by atoms with Gasteiger partial charge in [0.1, 0.15) is 12.4 Å². The SMILES string of the molecule is O=C1NCN(CCCNC(CO)Cc2ccccc2-c2ccc(OCc3ccccc3)cc2)c2ccccc21. The molecule has 39 heavy (non-hydrogen) atoms. The van der Waals surface area contributed by atoms with Gasteiger partial charge in [-0.25, -0.2) is 0 Å². The lowest BCUT2D eigenvalue weighted by Crippen LogP contribution is -2.44. The molecule has 200 valence electrons. The van der Waals surface area contributed by atoms with E-state index in [-0.39, 0.29) is 18.6 Å². The van der Waals surface area contributed by atoms with Crippen LogP contribution in [-0.2, 0) is 13.0 Å². The Bertz CT molecular complexity index is 1360. The van der Waals surface area contributed by atoms with E-state index in [1.807, 2.05) is 60.7 Å². The molecule has 1 amide bonds. The van der Waals surface area contributed by atoms with Crippen molar-refractivity contribution in [2.45, 2.75) is 25.5 Å². The lowest BCUT2D eigenvalue weighted by molar-refractivity contribution is 0.0947. The molecule has 0 aromatic heterocycles. The molecule has 0 bridgehead atoms. The lowest BCUT2D eigenvalue weighted by atomic mass is 9.95. The Balaban J connectivity index is 1.15. The number of nitrogens with one attached hydrogen (secondary N) is 2. The molecular formula is C33H35N3O3. The predicted molar refractivity (Wildman–Crippen MR) is 156 cm³/mol. The van der Waals surface area contributed by atoms with E-state index in [1.54, 1.807) is 0 Å². The molecule has 1 aliphatic rings. The van der Waals surface area contributed by atoms with Gasteiger partial charge in [-0.2, -0.15) is 0 Å². The highest BCUT2D eigenvalue weighted by Gasteiger charge is 2.21. The summed E-state index contributed by atoms with van der Waals surface area (Å²) >= 11 is 0. The van der Waals surface area contributed by atoms with Gasteiger partial charge < -0.3 is 25.4 Å². The van der Waals surface area contributed by atoms with Crippen LogP contribution in [0.1, 0.15) is 27.9 Å². The van der Waals surface area contributed by atoms with Gasteiger partial charge in [0, 0.05) is 12.6 Å². The van der Waals surface area contributed by atoms with Crippen molar-refractivity contribution in [1.29, 1.82) is 0 Å². The number of carbonyl (C=O) groups excluding carboxylic acids is 1. The zero-order chi connectivity index (χ0) is 26.9. The van der Waals surface area contributed by atoms with Crippen LogP contribution in [0.25, 0.3) is 11.1 Å². The average Bonchev–Trinajstić information content (AvgIpc) is 3.00. The van der Waals surface area contributed by atoms with Crippen molar-refractivity contribution in [1.82, 2.24) is 10.6 Å². The van der Waals surface area contributed by atoms with Gasteiger partial charge in [-0.05, 0) is 65.9 Å². The smallest absolute Gasteiger partial charge is 0.254 e. The van der Waals surface area contributed by atoms with Gasteiger partial charge in [0.15, 0.2) is 0 Å². The zero-order valence-corrected chi connectivity index (χ0v) is 22.1. The highest BCUT2D eigenvalue weighted by molar-refractivity contribution is 6.01. The van der Waals surface area contributed by atoms with Crippen molar-refractivity contribution in [2.75, 3.05) is 31.3 Å². The van der Waals surface area contributed by atoms with Crippen molar-refractivity contribution in [3.8, 4) is 16.9 Å². The quantitative estimate of drug-likeness (QED) is 0.228. The number of carbonyl (C=O) groups is 1. The first-order valence-electron chi connectivity index (χ1n) is 13.5. The van der Waals surface area contributed by atoms with E-state index in [0.29, 0.717) is 13.3 Å². The first-order valence-corrected chi connectivity index (χ1v) is 13.5. The minimum atomic E-state index is -0.0482. The fraction of sp³-hybridized carbons (Fsp3) is 0.242. The van der Waals surface area contributed by atoms with Gasteiger partial charge in [0.05, 0.1) is 24.5 Å². The summed E-state index contributed by atoms with van der Waals surface area (Å²) in [6.07, 6.45) is 1.62. The van der Waals surface area contributed by atoms with Gasteiger partial charge in [-0.15, -0.1) is 0 Å². The van der Waals surface area contributed by atoms with Crippen LogP contribution in [0.2, 0.25) is 0 Å². The number of hydrogen-bond acceptors (Lipinski definition) is 5. The van der Waals surface area contributed by atoms with Crippen molar-refractivity contribution in [2.24, 2.45) is 0 Å². The molecule has 0 saturated heterocycles. The molecular weight excluding hydrogens is 486 g/mol. The van der Waals surface area contributed by atoms with Crippen molar-refractivity contribution >= 4 is 11.6 Å². The summed E-state index contributed by atoms with van der Waals surface area (Å²) in [7, 11) is 0. The maximum Gasteiger partial charge on any atom is 0.254 e. The lowest BCUT2D eigenvalue weighted by Gasteiger charge is -2.31. The van der Waals surface area contributed by atoms with Crippen molar-refractivity contribution in [3.63, 3.8) is 0 Å². The van der Waals surface area contributed by atoms with E-state index < -0.39 is 0 Å². The summed E-state index contributed by atoms with van der Waals surface area (Å²) in [5.74, 6) is 0.819. The third-order valence-electron chi connectivity index (χ3n) is 7.08. The number of amides is 1. The molecule has 0 aliphatic carbocycles. The number of benzene rings is 4. The molecule has 6 nitrogen and oxygen atoms in total. The minimum Gasteiger partial charge on any atom is -0.489 e. The summed E-state index contributed by atoms with van der Waals surface area (Å²) in [6.45, 7) is 2.71. The van der Waals surface area contributed by atoms with Crippen LogP contribution in [0.5, 0.6) is 5.75 Å². The normalized spacial score (nSPS) is 13.5. The Morgan fingerprint density at radius 1 is 0.872 bits per heavy atom. The molecule has 0 radical (unpaired) electrons. The Hall–Kier alpha value is -4.13. The number of hydrogen-bond donors (Lipinski definition) is 3. The summed E-state index contributed by atoms with van der Waals surface area (Å²) in [5.41, 5.74) is 6.31. The summed E-state index contributed by atoms with van der Waals surface area (Å²) < 4.78 is 5.95. The molecule has 4 aromatic carbocycles. The van der Waals surface area contributed by atoms with E-state index in [1.165, 1.54) is 5.56 Å². The second-order valence-corrected chi connectivity index (χ2v) is 9.79. The summed E-state index contributed by atoms with van der Waals surface area (Å²) in [4.78, 5) is 14.3. The second-order valence-electron chi connectivity index (χ2n) is 9.79. The van der Waals surface area contributed by atoms with E-state index in [2.05, 4.69) is 58.0 Å². The zero-order valence-electron chi connectivity index (χ0n) is 22.1. The maximum absolute atomic E-state index is 12.1. The average molecular weight is 522 g/mol. The Labute approximate surface area is 230 Å². The summed E-state index contributed by atoms with van der Waals surface area (Å²) in [5, 5.41) is 16.6. The predicted octanol–water partition coefficient (Wildman–Crippen LogP) is 5.02. The molecule has 5 rings (SSSR count). The van der Waals surface area contributed by atoms with Gasteiger partial charge in [0.2, 0.25) is 0 Å². The number of aliphatic hydroxyl groups is 1. The number of aliphatic hydroxyl groups excluding tert-OH is 1. The van der Waals surface area contributed by atoms with Gasteiger partial charge in [-0.1, -0.05) is 78.9 Å². The van der Waals surface area contributed by atoms with Crippen LogP contribution in [0.3, 0.4) is 0 Å². The molecule has 0 saturated carbocycles. The van der Waals surface area contributed by atoms with Crippen LogP contribution in [-0.4, -0.2) is 43.4 Å². The summed E-state index contributed by atoms with van der Waals surface area (Å²) in [6, 6.07) is 34.4. The molecule has 0 fully saturated rings. The maximum atomic E-state index is 12.1. The topological polar surface area (TPSA) is 73.8 Å². The Morgan fingerprint density at radius 3 is 2.38 bits per heavy atom. The van der Waals surface area contributed by atoms with Gasteiger partial charge in [0.25, 0.3) is 5.91 Å². The van der Waals surface area contributed by atoms with E-state index in [9.17, 15) is 9.90 Å². The Morgan fingerprint density at radius 2 is 1.59 bits per heavy atom. The number of nitrogens with zero attached hydrogens (tertiary/aromatic N) is 1. The monoisotopic (exact) mass is 521 g/mol. The minimum absolute atomic E-state index is 0.0201. The van der Waals surface area contributed by atoms with Crippen LogP contribution in [0.4, 0.5) is 5.69 Å². The fourth-order valence-corrected chi connectivity index (χ4v) is 4.98. The largest absolute Gasteiger partial charge is 0.489 e. The van der Waals surface area contributed by atoms with Crippen LogP contribution < -0.4 is 20.3 Å². The van der Waals surface area contributed by atoms with Crippen molar-refractivity contribution < 1.29 is 14.6 Å². The number of fused-ring (bicyclic) bond motifs is 1. The second kappa shape index (κ2) is 13.1. The standard InChI is InChI=1S/C33H35N3O3/c37-22-28(34-19-8-20-36-24-35-33(38)31-13-6-7-14-32(31)36)21-27-11-4-5-12-30(27)26-15-17-29(18-16-26)39-23-25-9-2-1-3-10-25/h1-7,9-18,28,34,37H,8,19-24H2,(H,35,38). The molecule has 0 spiro atoms. The van der Waals surface area contributed by atoms with E-state index >= 15 is 0 Å². The van der Waals surface area contributed by atoms with Crippen LogP contribution in [0.15, 0.2) is 103 Å². The molecule has 6 heteroatoms. The number of para-hydroxylation sites is 1. The number of anilines is 1. The van der Waals surface area contributed by atoms with Gasteiger partial charge >= 0.3 is 0 Å². The molecule has 1 atom stereocenters. The van der Waals surface area contributed by atoms with E-state index in [4.69, 9.17) is 4.74 Å². The molecule has 1 heterocycles. The Kier molecular flexibility index (Phi) is 8.89. The molecule has 3 N–H and O–H groups in total. The molecule has 1 aliphatic heterocycles. The van der Waals surface area contributed by atoms with Gasteiger partial charge in [-0.3, -0.25) is 4.79 Å². The van der Waals surface area contributed by atoms with Crippen LogP contribution >= 0.6 is 0 Å². The third kappa shape index (κ3) is 6.85.